The molecule has 0 saturated carbocycles. The lowest BCUT2D eigenvalue weighted by Gasteiger charge is -2.10. The van der Waals surface area contributed by atoms with Gasteiger partial charge in [-0.2, -0.15) is 0 Å². The molecule has 2 nitrogen and oxygen atoms in total. The normalized spacial score (nSPS) is 9.43. The Morgan fingerprint density at radius 2 is 1.57 bits per heavy atom. The fourth-order valence-electron chi connectivity index (χ4n) is 1.43. The second-order valence-corrected chi connectivity index (χ2v) is 3.42. The van der Waals surface area contributed by atoms with Gasteiger partial charge < -0.3 is 5.11 Å². The third-order valence-electron chi connectivity index (χ3n) is 2.71. The molecule has 1 N–H and O–H groups in total. The Balaban J connectivity index is 0.00000169. The van der Waals surface area contributed by atoms with Crippen molar-refractivity contribution in [2.75, 3.05) is 0 Å². The number of hydrogen-bond acceptors (Lipinski definition) is 1. The van der Waals surface area contributed by atoms with E-state index in [-0.39, 0.29) is 12.4 Å². The molecule has 1 aromatic carbocycles. The zero-order chi connectivity index (χ0) is 10.2. The number of aryl methyl sites for hydroxylation is 1. The van der Waals surface area contributed by atoms with Gasteiger partial charge >= 0.3 is 5.97 Å². The molecule has 0 spiro atoms. The molecule has 78 valence electrons. The van der Waals surface area contributed by atoms with Crippen LogP contribution in [-0.4, -0.2) is 11.1 Å². The van der Waals surface area contributed by atoms with Crippen molar-refractivity contribution in [2.45, 2.75) is 27.7 Å². The van der Waals surface area contributed by atoms with Crippen LogP contribution in [0.1, 0.15) is 32.6 Å². The van der Waals surface area contributed by atoms with Crippen molar-refractivity contribution in [1.29, 1.82) is 0 Å². The molecule has 14 heavy (non-hydrogen) atoms. The van der Waals surface area contributed by atoms with Crippen molar-refractivity contribution >= 4 is 18.4 Å². The zero-order valence-electron chi connectivity index (χ0n) is 8.84. The second kappa shape index (κ2) is 4.47. The first-order chi connectivity index (χ1) is 5.95. The summed E-state index contributed by atoms with van der Waals surface area (Å²) >= 11 is 0. The molecular weight excluding hydrogens is 200 g/mol. The van der Waals surface area contributed by atoms with E-state index in [9.17, 15) is 4.79 Å². The highest BCUT2D eigenvalue weighted by molar-refractivity contribution is 5.90. The average molecular weight is 215 g/mol. The van der Waals surface area contributed by atoms with Gasteiger partial charge in [-0.15, -0.1) is 12.4 Å². The lowest BCUT2D eigenvalue weighted by molar-refractivity contribution is 0.0696. The molecule has 0 bridgehead atoms. The molecule has 0 fully saturated rings. The van der Waals surface area contributed by atoms with Gasteiger partial charge in [0.1, 0.15) is 0 Å². The van der Waals surface area contributed by atoms with Crippen LogP contribution in [0.3, 0.4) is 0 Å². The van der Waals surface area contributed by atoms with Gasteiger partial charge in [-0.05, 0) is 56.0 Å². The van der Waals surface area contributed by atoms with E-state index in [1.165, 1.54) is 5.56 Å². The summed E-state index contributed by atoms with van der Waals surface area (Å²) in [5.74, 6) is -0.844. The smallest absolute Gasteiger partial charge is 0.335 e. The Labute approximate surface area is 90.4 Å². The van der Waals surface area contributed by atoms with Gasteiger partial charge in [0.2, 0.25) is 0 Å². The quantitative estimate of drug-likeness (QED) is 0.780. The van der Waals surface area contributed by atoms with Crippen LogP contribution in [0.15, 0.2) is 6.07 Å². The minimum Gasteiger partial charge on any atom is -0.478 e. The molecular formula is C11H15ClO2. The van der Waals surface area contributed by atoms with Crippen LogP contribution in [-0.2, 0) is 0 Å². The molecule has 0 atom stereocenters. The summed E-state index contributed by atoms with van der Waals surface area (Å²) in [7, 11) is 0. The Hall–Kier alpha value is -1.02. The zero-order valence-corrected chi connectivity index (χ0v) is 9.66. The molecule has 3 heteroatoms. The van der Waals surface area contributed by atoms with Gasteiger partial charge in [-0.25, -0.2) is 4.79 Å². The maximum absolute atomic E-state index is 10.8. The SMILES string of the molecule is Cc1cc(C(=O)O)c(C)c(C)c1C.Cl. The summed E-state index contributed by atoms with van der Waals surface area (Å²) in [5.41, 5.74) is 4.59. The topological polar surface area (TPSA) is 37.3 Å². The van der Waals surface area contributed by atoms with Crippen molar-refractivity contribution in [3.63, 3.8) is 0 Å². The number of halogens is 1. The number of carboxylic acids is 1. The maximum Gasteiger partial charge on any atom is 0.335 e. The monoisotopic (exact) mass is 214 g/mol. The van der Waals surface area contributed by atoms with Crippen LogP contribution in [0.2, 0.25) is 0 Å². The van der Waals surface area contributed by atoms with E-state index in [1.54, 1.807) is 6.07 Å². The minimum absolute atomic E-state index is 0. The number of aromatic carboxylic acids is 1. The summed E-state index contributed by atoms with van der Waals surface area (Å²) in [6.07, 6.45) is 0. The molecule has 1 aromatic rings. The number of benzene rings is 1. The number of hydrogen-bond donors (Lipinski definition) is 1. The predicted molar refractivity (Wildman–Crippen MR) is 59.6 cm³/mol. The van der Waals surface area contributed by atoms with Crippen molar-refractivity contribution < 1.29 is 9.90 Å². The molecule has 0 aromatic heterocycles. The van der Waals surface area contributed by atoms with E-state index in [4.69, 9.17) is 5.11 Å². The van der Waals surface area contributed by atoms with Gasteiger partial charge in [0, 0.05) is 0 Å². The van der Waals surface area contributed by atoms with Gasteiger partial charge in [0.05, 0.1) is 5.56 Å². The molecule has 0 aliphatic heterocycles. The lowest BCUT2D eigenvalue weighted by atomic mass is 9.95. The maximum atomic E-state index is 10.8. The number of carboxylic acid groups (broad SMARTS) is 1. The summed E-state index contributed by atoms with van der Waals surface area (Å²) in [5, 5.41) is 8.91. The molecule has 0 radical (unpaired) electrons. The molecule has 0 heterocycles. The van der Waals surface area contributed by atoms with Crippen molar-refractivity contribution in [3.8, 4) is 0 Å². The Kier molecular flexibility index (Phi) is 4.14. The average Bonchev–Trinajstić information content (AvgIpc) is 2.07. The van der Waals surface area contributed by atoms with Crippen molar-refractivity contribution in [1.82, 2.24) is 0 Å². The highest BCUT2D eigenvalue weighted by Gasteiger charge is 2.11. The Morgan fingerprint density at radius 3 is 2.00 bits per heavy atom. The van der Waals surface area contributed by atoms with Crippen LogP contribution >= 0.6 is 12.4 Å². The molecule has 0 saturated heterocycles. The standard InChI is InChI=1S/C11H14O2.ClH/c1-6-5-10(11(12)13)9(4)8(3)7(6)2;/h5H,1-4H3,(H,12,13);1H. The Morgan fingerprint density at radius 1 is 1.07 bits per heavy atom. The molecule has 0 aliphatic carbocycles. The summed E-state index contributed by atoms with van der Waals surface area (Å²) in [6.45, 7) is 7.77. The van der Waals surface area contributed by atoms with Gasteiger partial charge in [-0.1, -0.05) is 0 Å². The fraction of sp³-hybridized carbons (Fsp3) is 0.364. The van der Waals surface area contributed by atoms with E-state index in [2.05, 4.69) is 0 Å². The van der Waals surface area contributed by atoms with Crippen molar-refractivity contribution in [3.05, 3.63) is 33.9 Å². The summed E-state index contributed by atoms with van der Waals surface area (Å²) in [4.78, 5) is 10.8. The first-order valence-electron chi connectivity index (χ1n) is 4.26. The minimum atomic E-state index is -0.844. The highest BCUT2D eigenvalue weighted by Crippen LogP contribution is 2.20. The van der Waals surface area contributed by atoms with Crippen LogP contribution in [0, 0.1) is 27.7 Å². The summed E-state index contributed by atoms with van der Waals surface area (Å²) in [6, 6.07) is 1.74. The third-order valence-corrected chi connectivity index (χ3v) is 2.71. The number of carbonyl (C=O) groups is 1. The van der Waals surface area contributed by atoms with Crippen LogP contribution in [0.5, 0.6) is 0 Å². The third kappa shape index (κ3) is 2.07. The second-order valence-electron chi connectivity index (χ2n) is 3.42. The van der Waals surface area contributed by atoms with Crippen molar-refractivity contribution in [2.24, 2.45) is 0 Å². The lowest BCUT2D eigenvalue weighted by Crippen LogP contribution is -2.04. The molecule has 1 rings (SSSR count). The van der Waals surface area contributed by atoms with E-state index in [0.29, 0.717) is 5.56 Å². The largest absolute Gasteiger partial charge is 0.478 e. The van der Waals surface area contributed by atoms with Gasteiger partial charge in [-0.3, -0.25) is 0 Å². The number of rotatable bonds is 1. The van der Waals surface area contributed by atoms with Gasteiger partial charge in [0.15, 0.2) is 0 Å². The Bertz CT molecular complexity index is 370. The van der Waals surface area contributed by atoms with Gasteiger partial charge in [0.25, 0.3) is 0 Å². The molecule has 0 unspecified atom stereocenters. The predicted octanol–water partition coefficient (Wildman–Crippen LogP) is 3.04. The van der Waals surface area contributed by atoms with Crippen LogP contribution < -0.4 is 0 Å². The highest BCUT2D eigenvalue weighted by atomic mass is 35.5. The van der Waals surface area contributed by atoms with E-state index in [1.807, 2.05) is 27.7 Å². The fourth-order valence-corrected chi connectivity index (χ4v) is 1.43. The van der Waals surface area contributed by atoms with Crippen LogP contribution in [0.25, 0.3) is 0 Å². The first-order valence-corrected chi connectivity index (χ1v) is 4.26. The van der Waals surface area contributed by atoms with E-state index in [0.717, 1.165) is 16.7 Å². The molecule has 0 aliphatic rings. The summed E-state index contributed by atoms with van der Waals surface area (Å²) < 4.78 is 0. The van der Waals surface area contributed by atoms with E-state index >= 15 is 0 Å². The van der Waals surface area contributed by atoms with E-state index < -0.39 is 5.97 Å². The van der Waals surface area contributed by atoms with Crippen LogP contribution in [0.4, 0.5) is 0 Å². The first kappa shape index (κ1) is 13.0. The molecule has 0 amide bonds.